The molecule has 3 rings (SSSR count). The third kappa shape index (κ3) is 4.70. The first-order valence-electron chi connectivity index (χ1n) is 8.46. The fourth-order valence-corrected chi connectivity index (χ4v) is 2.65. The van der Waals surface area contributed by atoms with Crippen molar-refractivity contribution in [2.75, 3.05) is 17.7 Å². The number of hydrogen-bond donors (Lipinski definition) is 2. The number of nitrogens with zero attached hydrogens (tertiary/aromatic N) is 2. The molecule has 3 aromatic rings. The monoisotopic (exact) mass is 388 g/mol. The number of alkyl halides is 3. The number of nitrogens with one attached hydrogen (secondary N) is 2. The minimum Gasteiger partial charge on any atom is -0.495 e. The largest absolute Gasteiger partial charge is 0.495 e. The highest BCUT2D eigenvalue weighted by molar-refractivity contribution is 5.65. The Labute approximate surface area is 160 Å². The summed E-state index contributed by atoms with van der Waals surface area (Å²) in [6.07, 6.45) is -4.41. The Balaban J connectivity index is 1.88. The molecule has 0 atom stereocenters. The summed E-state index contributed by atoms with van der Waals surface area (Å²) >= 11 is 0. The second kappa shape index (κ2) is 7.75. The highest BCUT2D eigenvalue weighted by Crippen LogP contribution is 2.32. The van der Waals surface area contributed by atoms with Gasteiger partial charge in [-0.05, 0) is 49.7 Å². The van der Waals surface area contributed by atoms with Gasteiger partial charge in [-0.2, -0.15) is 18.2 Å². The van der Waals surface area contributed by atoms with Crippen LogP contribution in [-0.4, -0.2) is 17.1 Å². The molecule has 0 radical (unpaired) electrons. The van der Waals surface area contributed by atoms with E-state index in [0.717, 1.165) is 17.7 Å². The summed E-state index contributed by atoms with van der Waals surface area (Å²) in [5, 5.41) is 6.00. The molecule has 0 aliphatic carbocycles. The van der Waals surface area contributed by atoms with Crippen molar-refractivity contribution in [3.05, 3.63) is 65.4 Å². The first-order valence-corrected chi connectivity index (χ1v) is 8.46. The molecule has 2 aromatic carbocycles. The van der Waals surface area contributed by atoms with Gasteiger partial charge in [0.15, 0.2) is 0 Å². The van der Waals surface area contributed by atoms with Crippen molar-refractivity contribution in [3.63, 3.8) is 0 Å². The smallest absolute Gasteiger partial charge is 0.416 e. The van der Waals surface area contributed by atoms with Gasteiger partial charge in [-0.25, -0.2) is 4.98 Å². The van der Waals surface area contributed by atoms with Gasteiger partial charge < -0.3 is 15.4 Å². The van der Waals surface area contributed by atoms with Crippen molar-refractivity contribution in [1.29, 1.82) is 0 Å². The Kier molecular flexibility index (Phi) is 5.39. The topological polar surface area (TPSA) is 59.1 Å². The quantitative estimate of drug-likeness (QED) is 0.595. The van der Waals surface area contributed by atoms with Crippen LogP contribution in [0.4, 0.5) is 36.3 Å². The average molecular weight is 388 g/mol. The van der Waals surface area contributed by atoms with Gasteiger partial charge in [-0.15, -0.1) is 0 Å². The molecule has 0 amide bonds. The molecule has 0 saturated carbocycles. The van der Waals surface area contributed by atoms with Crippen molar-refractivity contribution in [2.45, 2.75) is 20.0 Å². The maximum absolute atomic E-state index is 12.9. The molecular weight excluding hydrogens is 369 g/mol. The number of ether oxygens (including phenoxy) is 1. The first-order chi connectivity index (χ1) is 13.2. The van der Waals surface area contributed by atoms with Gasteiger partial charge in [0, 0.05) is 17.4 Å². The molecule has 0 spiro atoms. The lowest BCUT2D eigenvalue weighted by molar-refractivity contribution is -0.137. The summed E-state index contributed by atoms with van der Waals surface area (Å²) in [6.45, 7) is 3.72. The highest BCUT2D eigenvalue weighted by Gasteiger charge is 2.30. The van der Waals surface area contributed by atoms with E-state index in [1.165, 1.54) is 6.07 Å². The first kappa shape index (κ1) is 19.5. The third-order valence-corrected chi connectivity index (χ3v) is 3.92. The Morgan fingerprint density at radius 1 is 0.929 bits per heavy atom. The van der Waals surface area contributed by atoms with Gasteiger partial charge in [0.1, 0.15) is 11.6 Å². The lowest BCUT2D eigenvalue weighted by Gasteiger charge is -2.13. The maximum Gasteiger partial charge on any atom is 0.416 e. The standard InChI is InChI=1S/C20H19F3N4O/c1-12-7-8-17(28-3)16(9-12)26-19-24-13(2)10-18(27-19)25-15-6-4-5-14(11-15)20(21,22)23/h4-11H,1-3H3,(H2,24,25,26,27). The van der Waals surface area contributed by atoms with E-state index in [9.17, 15) is 13.2 Å². The fourth-order valence-electron chi connectivity index (χ4n) is 2.65. The number of rotatable bonds is 5. The van der Waals surface area contributed by atoms with E-state index in [4.69, 9.17) is 4.74 Å². The molecule has 5 nitrogen and oxygen atoms in total. The van der Waals surface area contributed by atoms with Gasteiger partial charge in [0.25, 0.3) is 0 Å². The van der Waals surface area contributed by atoms with Crippen LogP contribution in [0, 0.1) is 13.8 Å². The van der Waals surface area contributed by atoms with Crippen LogP contribution in [0.5, 0.6) is 5.75 Å². The molecule has 8 heteroatoms. The summed E-state index contributed by atoms with van der Waals surface area (Å²) in [5.74, 6) is 1.31. The zero-order chi connectivity index (χ0) is 20.3. The van der Waals surface area contributed by atoms with Crippen LogP contribution in [0.25, 0.3) is 0 Å². The molecule has 0 fully saturated rings. The molecule has 1 aromatic heterocycles. The van der Waals surface area contributed by atoms with Crippen molar-refractivity contribution < 1.29 is 17.9 Å². The Bertz CT molecular complexity index is 989. The summed E-state index contributed by atoms with van der Waals surface area (Å²) in [5.41, 5.74) is 1.92. The molecule has 1 heterocycles. The number of hydrogen-bond acceptors (Lipinski definition) is 5. The summed E-state index contributed by atoms with van der Waals surface area (Å²) in [7, 11) is 1.56. The summed E-state index contributed by atoms with van der Waals surface area (Å²) in [4.78, 5) is 8.69. The normalized spacial score (nSPS) is 11.2. The molecule has 0 unspecified atom stereocenters. The van der Waals surface area contributed by atoms with Crippen LogP contribution in [0.3, 0.4) is 0 Å². The molecule has 0 aliphatic rings. The molecule has 0 aliphatic heterocycles. The Morgan fingerprint density at radius 2 is 1.71 bits per heavy atom. The summed E-state index contributed by atoms with van der Waals surface area (Å²) in [6, 6.07) is 12.2. The number of aromatic nitrogens is 2. The predicted molar refractivity (Wildman–Crippen MR) is 103 cm³/mol. The number of halogens is 3. The van der Waals surface area contributed by atoms with E-state index in [-0.39, 0.29) is 5.69 Å². The molecule has 2 N–H and O–H groups in total. The van der Waals surface area contributed by atoms with Crippen LogP contribution in [0.2, 0.25) is 0 Å². The van der Waals surface area contributed by atoms with Crippen LogP contribution >= 0.6 is 0 Å². The SMILES string of the molecule is COc1ccc(C)cc1Nc1nc(C)cc(Nc2cccc(C(F)(F)F)c2)n1. The van der Waals surface area contributed by atoms with E-state index in [0.29, 0.717) is 28.9 Å². The zero-order valence-corrected chi connectivity index (χ0v) is 15.6. The second-order valence-electron chi connectivity index (χ2n) is 6.25. The number of anilines is 4. The predicted octanol–water partition coefficient (Wildman–Crippen LogP) is 5.61. The van der Waals surface area contributed by atoms with Crippen LogP contribution in [0.1, 0.15) is 16.8 Å². The number of methoxy groups -OCH3 is 1. The van der Waals surface area contributed by atoms with Gasteiger partial charge >= 0.3 is 6.18 Å². The zero-order valence-electron chi connectivity index (χ0n) is 15.6. The van der Waals surface area contributed by atoms with Gasteiger partial charge in [-0.1, -0.05) is 12.1 Å². The number of benzene rings is 2. The maximum atomic E-state index is 12.9. The van der Waals surface area contributed by atoms with Crippen LogP contribution in [0.15, 0.2) is 48.5 Å². The summed E-state index contributed by atoms with van der Waals surface area (Å²) < 4.78 is 44.1. The van der Waals surface area contributed by atoms with E-state index in [1.807, 2.05) is 25.1 Å². The van der Waals surface area contributed by atoms with E-state index in [2.05, 4.69) is 20.6 Å². The van der Waals surface area contributed by atoms with Crippen LogP contribution in [-0.2, 0) is 6.18 Å². The highest BCUT2D eigenvalue weighted by atomic mass is 19.4. The van der Waals surface area contributed by atoms with E-state index < -0.39 is 11.7 Å². The van der Waals surface area contributed by atoms with Crippen molar-refractivity contribution in [1.82, 2.24) is 9.97 Å². The molecule has 0 saturated heterocycles. The van der Waals surface area contributed by atoms with Crippen molar-refractivity contribution in [3.8, 4) is 5.75 Å². The Hall–Kier alpha value is -3.29. The molecule has 146 valence electrons. The minimum atomic E-state index is -4.41. The Morgan fingerprint density at radius 3 is 2.43 bits per heavy atom. The molecular formula is C20H19F3N4O. The molecule has 0 bridgehead atoms. The second-order valence-corrected chi connectivity index (χ2v) is 6.25. The minimum absolute atomic E-state index is 0.284. The average Bonchev–Trinajstić information content (AvgIpc) is 2.61. The lowest BCUT2D eigenvalue weighted by Crippen LogP contribution is -2.06. The molecule has 28 heavy (non-hydrogen) atoms. The lowest BCUT2D eigenvalue weighted by atomic mass is 10.2. The van der Waals surface area contributed by atoms with E-state index in [1.54, 1.807) is 26.2 Å². The van der Waals surface area contributed by atoms with E-state index >= 15 is 0 Å². The van der Waals surface area contributed by atoms with Gasteiger partial charge in [0.2, 0.25) is 5.95 Å². The van der Waals surface area contributed by atoms with Gasteiger partial charge in [-0.3, -0.25) is 0 Å². The van der Waals surface area contributed by atoms with Crippen molar-refractivity contribution >= 4 is 23.1 Å². The number of aryl methyl sites for hydroxylation is 2. The van der Waals surface area contributed by atoms with Crippen molar-refractivity contribution in [2.24, 2.45) is 0 Å². The fraction of sp³-hybridized carbons (Fsp3) is 0.200. The third-order valence-electron chi connectivity index (χ3n) is 3.92. The van der Waals surface area contributed by atoms with Gasteiger partial charge in [0.05, 0.1) is 18.4 Å². The van der Waals surface area contributed by atoms with Crippen LogP contribution < -0.4 is 15.4 Å².